The van der Waals surface area contributed by atoms with Gasteiger partial charge in [0.15, 0.2) is 0 Å². The minimum atomic E-state index is -0.173. The van der Waals surface area contributed by atoms with Gasteiger partial charge in [0.05, 0.1) is 11.7 Å². The Labute approximate surface area is 123 Å². The first-order chi connectivity index (χ1) is 9.75. The molecular formula is C17H30N2O. The van der Waals surface area contributed by atoms with Crippen molar-refractivity contribution in [2.24, 2.45) is 5.92 Å². The largest absolute Gasteiger partial charge is 0.326 e. The van der Waals surface area contributed by atoms with Gasteiger partial charge in [0.25, 0.3) is 0 Å². The molecule has 3 heteroatoms. The molecule has 3 aliphatic rings. The van der Waals surface area contributed by atoms with Crippen molar-refractivity contribution < 1.29 is 4.79 Å². The summed E-state index contributed by atoms with van der Waals surface area (Å²) in [4.78, 5) is 15.0. The number of hydrogen-bond donors (Lipinski definition) is 1. The maximum absolute atomic E-state index is 12.8. The average Bonchev–Trinajstić information content (AvgIpc) is 3.06. The minimum absolute atomic E-state index is 0.173. The summed E-state index contributed by atoms with van der Waals surface area (Å²) < 4.78 is 0. The molecule has 2 saturated carbocycles. The molecule has 1 heterocycles. The van der Waals surface area contributed by atoms with E-state index in [4.69, 9.17) is 0 Å². The molecule has 3 rings (SSSR count). The predicted molar refractivity (Wildman–Crippen MR) is 81.3 cm³/mol. The number of carbonyl (C=O) groups is 1. The summed E-state index contributed by atoms with van der Waals surface area (Å²) in [6.07, 6.45) is 14.1. The summed E-state index contributed by atoms with van der Waals surface area (Å²) in [5, 5.41) is 3.68. The van der Waals surface area contributed by atoms with Crippen molar-refractivity contribution in [2.45, 2.75) is 89.3 Å². The number of carbonyl (C=O) groups excluding carboxylic acids is 1. The number of rotatable bonds is 4. The van der Waals surface area contributed by atoms with E-state index in [-0.39, 0.29) is 5.54 Å². The molecule has 1 saturated heterocycles. The normalized spacial score (nSPS) is 30.6. The second kappa shape index (κ2) is 6.05. The van der Waals surface area contributed by atoms with Crippen LogP contribution in [-0.2, 0) is 4.79 Å². The third kappa shape index (κ3) is 2.61. The van der Waals surface area contributed by atoms with Gasteiger partial charge in [0.1, 0.15) is 0 Å². The Morgan fingerprint density at radius 2 is 1.85 bits per heavy atom. The topological polar surface area (TPSA) is 32.3 Å². The van der Waals surface area contributed by atoms with E-state index in [1.165, 1.54) is 51.4 Å². The molecule has 1 unspecified atom stereocenters. The molecule has 0 radical (unpaired) electrons. The zero-order valence-electron chi connectivity index (χ0n) is 13.0. The Balaban J connectivity index is 1.60. The van der Waals surface area contributed by atoms with Gasteiger partial charge in [0, 0.05) is 6.54 Å². The summed E-state index contributed by atoms with van der Waals surface area (Å²) >= 11 is 0. The average molecular weight is 278 g/mol. The Morgan fingerprint density at radius 1 is 1.15 bits per heavy atom. The second-order valence-electron chi connectivity index (χ2n) is 7.15. The molecule has 1 aliphatic heterocycles. The van der Waals surface area contributed by atoms with E-state index in [2.05, 4.69) is 17.1 Å². The van der Waals surface area contributed by atoms with Crippen molar-refractivity contribution in [3.63, 3.8) is 0 Å². The lowest BCUT2D eigenvalue weighted by Gasteiger charge is -2.27. The van der Waals surface area contributed by atoms with Gasteiger partial charge in [-0.3, -0.25) is 10.1 Å². The van der Waals surface area contributed by atoms with Gasteiger partial charge in [0.2, 0.25) is 5.91 Å². The molecule has 114 valence electrons. The van der Waals surface area contributed by atoms with Crippen LogP contribution in [0.2, 0.25) is 0 Å². The summed E-state index contributed by atoms with van der Waals surface area (Å²) in [5.74, 6) is 1.28. The van der Waals surface area contributed by atoms with Gasteiger partial charge in [-0.2, -0.15) is 0 Å². The number of amides is 1. The maximum atomic E-state index is 12.8. The summed E-state index contributed by atoms with van der Waals surface area (Å²) in [6.45, 7) is 3.18. The van der Waals surface area contributed by atoms with Gasteiger partial charge in [-0.15, -0.1) is 0 Å². The van der Waals surface area contributed by atoms with E-state index in [1.54, 1.807) is 0 Å². The monoisotopic (exact) mass is 278 g/mol. The fourth-order valence-electron chi connectivity index (χ4n) is 4.59. The van der Waals surface area contributed by atoms with E-state index in [1.807, 2.05) is 0 Å². The molecule has 1 atom stereocenters. The first kappa shape index (κ1) is 14.4. The van der Waals surface area contributed by atoms with E-state index in [0.29, 0.717) is 12.1 Å². The minimum Gasteiger partial charge on any atom is -0.326 e. The van der Waals surface area contributed by atoms with Crippen LogP contribution >= 0.6 is 0 Å². The van der Waals surface area contributed by atoms with Crippen LogP contribution in [0.3, 0.4) is 0 Å². The van der Waals surface area contributed by atoms with Crippen molar-refractivity contribution in [1.82, 2.24) is 10.2 Å². The highest BCUT2D eigenvalue weighted by molar-refractivity contribution is 5.89. The van der Waals surface area contributed by atoms with Crippen molar-refractivity contribution >= 4 is 5.91 Å². The van der Waals surface area contributed by atoms with Crippen molar-refractivity contribution in [3.8, 4) is 0 Å². The lowest BCUT2D eigenvalue weighted by Crippen LogP contribution is -2.44. The number of nitrogens with one attached hydrogen (secondary N) is 1. The molecule has 1 N–H and O–H groups in total. The van der Waals surface area contributed by atoms with Crippen LogP contribution in [0.4, 0.5) is 0 Å². The Bertz CT molecular complexity index is 343. The van der Waals surface area contributed by atoms with Crippen LogP contribution < -0.4 is 5.32 Å². The van der Waals surface area contributed by atoms with Crippen LogP contribution in [0.25, 0.3) is 0 Å². The van der Waals surface area contributed by atoms with E-state index >= 15 is 0 Å². The number of hydrogen-bond acceptors (Lipinski definition) is 2. The fraction of sp³-hybridized carbons (Fsp3) is 0.941. The van der Waals surface area contributed by atoms with Crippen LogP contribution in [0, 0.1) is 5.92 Å². The Hall–Kier alpha value is -0.570. The number of nitrogens with zero attached hydrogens (tertiary/aromatic N) is 1. The van der Waals surface area contributed by atoms with Crippen LogP contribution in [0.1, 0.15) is 77.6 Å². The SMILES string of the molecule is CCC1NC2(CCCC2)C(=O)N1CCC1CCCCC1. The lowest BCUT2D eigenvalue weighted by atomic mass is 9.87. The molecule has 3 nitrogen and oxygen atoms in total. The first-order valence-corrected chi connectivity index (χ1v) is 8.84. The molecule has 2 aliphatic carbocycles. The zero-order valence-corrected chi connectivity index (χ0v) is 13.0. The van der Waals surface area contributed by atoms with E-state index in [0.717, 1.165) is 31.7 Å². The molecular weight excluding hydrogens is 248 g/mol. The van der Waals surface area contributed by atoms with Crippen LogP contribution in [0.5, 0.6) is 0 Å². The van der Waals surface area contributed by atoms with Gasteiger partial charge < -0.3 is 4.90 Å². The maximum Gasteiger partial charge on any atom is 0.244 e. The van der Waals surface area contributed by atoms with Gasteiger partial charge in [-0.1, -0.05) is 51.9 Å². The van der Waals surface area contributed by atoms with Crippen molar-refractivity contribution in [2.75, 3.05) is 6.54 Å². The molecule has 0 aromatic rings. The van der Waals surface area contributed by atoms with Gasteiger partial charge in [-0.05, 0) is 31.6 Å². The van der Waals surface area contributed by atoms with Gasteiger partial charge in [-0.25, -0.2) is 0 Å². The summed E-state index contributed by atoms with van der Waals surface area (Å²) in [5.41, 5.74) is -0.173. The molecule has 20 heavy (non-hydrogen) atoms. The molecule has 3 fully saturated rings. The van der Waals surface area contributed by atoms with Crippen LogP contribution in [0.15, 0.2) is 0 Å². The molecule has 1 spiro atoms. The summed E-state index contributed by atoms with van der Waals surface area (Å²) in [6, 6.07) is 0. The highest BCUT2D eigenvalue weighted by Gasteiger charge is 2.51. The highest BCUT2D eigenvalue weighted by atomic mass is 16.2. The fourth-order valence-corrected chi connectivity index (χ4v) is 4.59. The standard InChI is InChI=1S/C17H30N2O/c1-2-15-18-17(11-6-7-12-17)16(20)19(15)13-10-14-8-4-3-5-9-14/h14-15,18H,2-13H2,1H3. The van der Waals surface area contributed by atoms with E-state index in [9.17, 15) is 4.79 Å². The predicted octanol–water partition coefficient (Wildman–Crippen LogP) is 3.44. The lowest BCUT2D eigenvalue weighted by molar-refractivity contribution is -0.133. The zero-order chi connectivity index (χ0) is 14.0. The smallest absolute Gasteiger partial charge is 0.244 e. The van der Waals surface area contributed by atoms with Crippen molar-refractivity contribution in [1.29, 1.82) is 0 Å². The third-order valence-corrected chi connectivity index (χ3v) is 5.84. The molecule has 0 aromatic heterocycles. The molecule has 1 amide bonds. The van der Waals surface area contributed by atoms with Crippen LogP contribution in [-0.4, -0.2) is 29.1 Å². The highest BCUT2D eigenvalue weighted by Crippen LogP contribution is 2.37. The van der Waals surface area contributed by atoms with E-state index < -0.39 is 0 Å². The first-order valence-electron chi connectivity index (χ1n) is 8.84. The third-order valence-electron chi connectivity index (χ3n) is 5.84. The molecule has 0 aromatic carbocycles. The van der Waals surface area contributed by atoms with Gasteiger partial charge >= 0.3 is 0 Å². The Kier molecular flexibility index (Phi) is 4.34. The quantitative estimate of drug-likeness (QED) is 0.854. The Morgan fingerprint density at radius 3 is 2.50 bits per heavy atom. The van der Waals surface area contributed by atoms with Crippen molar-refractivity contribution in [3.05, 3.63) is 0 Å². The second-order valence-corrected chi connectivity index (χ2v) is 7.15. The molecule has 0 bridgehead atoms. The summed E-state index contributed by atoms with van der Waals surface area (Å²) in [7, 11) is 0.